The lowest BCUT2D eigenvalue weighted by atomic mass is 10.2. The average Bonchev–Trinajstić information content (AvgIpc) is 3.19. The van der Waals surface area contributed by atoms with Gasteiger partial charge in [0.25, 0.3) is 0 Å². The van der Waals surface area contributed by atoms with Gasteiger partial charge in [-0.15, -0.1) is 0 Å². The van der Waals surface area contributed by atoms with Gasteiger partial charge in [-0.2, -0.15) is 5.10 Å². The van der Waals surface area contributed by atoms with Crippen molar-refractivity contribution in [2.24, 2.45) is 0 Å². The van der Waals surface area contributed by atoms with Crippen molar-refractivity contribution in [3.05, 3.63) is 48.3 Å². The first-order chi connectivity index (χ1) is 11.1. The van der Waals surface area contributed by atoms with Crippen LogP contribution >= 0.6 is 0 Å². The first kappa shape index (κ1) is 15.7. The quantitative estimate of drug-likeness (QED) is 0.760. The first-order valence-electron chi connectivity index (χ1n) is 7.98. The lowest BCUT2D eigenvalue weighted by Crippen LogP contribution is -2.34. The van der Waals surface area contributed by atoms with Gasteiger partial charge in [-0.1, -0.05) is 6.07 Å². The molecule has 1 aromatic carbocycles. The van der Waals surface area contributed by atoms with Crippen molar-refractivity contribution in [2.45, 2.75) is 45.9 Å². The second-order valence-electron chi connectivity index (χ2n) is 5.78. The molecule has 5 nitrogen and oxygen atoms in total. The van der Waals surface area contributed by atoms with Crippen LogP contribution in [-0.4, -0.2) is 25.4 Å². The molecule has 0 amide bonds. The van der Waals surface area contributed by atoms with Crippen LogP contribution in [0.25, 0.3) is 11.0 Å². The van der Waals surface area contributed by atoms with Gasteiger partial charge in [0.1, 0.15) is 11.3 Å². The van der Waals surface area contributed by atoms with Crippen LogP contribution in [0.4, 0.5) is 4.39 Å². The molecule has 0 bridgehead atoms. The van der Waals surface area contributed by atoms with E-state index in [1.54, 1.807) is 12.3 Å². The number of aromatic nitrogens is 4. The van der Waals surface area contributed by atoms with Gasteiger partial charge in [-0.25, -0.2) is 9.37 Å². The SMILES string of the molecule is CCn1c(CN[C@@H](C)[C@H](C)n2cccn2)nc2c(F)cccc21. The monoisotopic (exact) mass is 315 g/mol. The Morgan fingerprint density at radius 3 is 2.78 bits per heavy atom. The summed E-state index contributed by atoms with van der Waals surface area (Å²) in [6, 6.07) is 7.45. The van der Waals surface area contributed by atoms with Gasteiger partial charge in [-0.05, 0) is 39.0 Å². The minimum Gasteiger partial charge on any atom is -0.327 e. The van der Waals surface area contributed by atoms with Crippen LogP contribution in [0, 0.1) is 5.82 Å². The van der Waals surface area contributed by atoms with Gasteiger partial charge in [0.05, 0.1) is 18.1 Å². The Morgan fingerprint density at radius 2 is 2.09 bits per heavy atom. The maximum Gasteiger partial charge on any atom is 0.151 e. The molecule has 0 fully saturated rings. The summed E-state index contributed by atoms with van der Waals surface area (Å²) in [5.41, 5.74) is 1.29. The average molecular weight is 315 g/mol. The molecule has 2 atom stereocenters. The molecular formula is C17H22FN5. The third kappa shape index (κ3) is 2.99. The predicted molar refractivity (Wildman–Crippen MR) is 88.6 cm³/mol. The van der Waals surface area contributed by atoms with Crippen molar-refractivity contribution in [3.63, 3.8) is 0 Å². The van der Waals surface area contributed by atoms with E-state index in [0.29, 0.717) is 12.1 Å². The molecule has 6 heteroatoms. The van der Waals surface area contributed by atoms with Gasteiger partial charge in [0, 0.05) is 25.0 Å². The number of halogens is 1. The highest BCUT2D eigenvalue weighted by molar-refractivity contribution is 5.76. The number of benzene rings is 1. The summed E-state index contributed by atoms with van der Waals surface area (Å²) < 4.78 is 17.9. The fourth-order valence-corrected chi connectivity index (χ4v) is 2.82. The Morgan fingerprint density at radius 1 is 1.26 bits per heavy atom. The normalized spacial score (nSPS) is 14.3. The number of hydrogen-bond donors (Lipinski definition) is 1. The third-order valence-electron chi connectivity index (χ3n) is 4.37. The van der Waals surface area contributed by atoms with E-state index in [1.807, 2.05) is 29.9 Å². The highest BCUT2D eigenvalue weighted by Crippen LogP contribution is 2.19. The van der Waals surface area contributed by atoms with Crippen molar-refractivity contribution in [3.8, 4) is 0 Å². The molecule has 0 aliphatic rings. The van der Waals surface area contributed by atoms with Gasteiger partial charge in [0.15, 0.2) is 5.82 Å². The lowest BCUT2D eigenvalue weighted by molar-refractivity contribution is 0.360. The zero-order chi connectivity index (χ0) is 16.4. The van der Waals surface area contributed by atoms with E-state index in [2.05, 4.69) is 33.8 Å². The fourth-order valence-electron chi connectivity index (χ4n) is 2.82. The number of rotatable bonds is 6. The van der Waals surface area contributed by atoms with E-state index in [0.717, 1.165) is 17.9 Å². The second-order valence-corrected chi connectivity index (χ2v) is 5.78. The maximum atomic E-state index is 13.9. The van der Waals surface area contributed by atoms with Crippen LogP contribution in [0.2, 0.25) is 0 Å². The third-order valence-corrected chi connectivity index (χ3v) is 4.37. The molecule has 0 aliphatic carbocycles. The van der Waals surface area contributed by atoms with Crippen molar-refractivity contribution in [1.29, 1.82) is 0 Å². The highest BCUT2D eigenvalue weighted by atomic mass is 19.1. The highest BCUT2D eigenvalue weighted by Gasteiger charge is 2.16. The number of imidazole rings is 1. The predicted octanol–water partition coefficient (Wildman–Crippen LogP) is 3.13. The number of nitrogens with zero attached hydrogens (tertiary/aromatic N) is 4. The van der Waals surface area contributed by atoms with Crippen molar-refractivity contribution >= 4 is 11.0 Å². The molecular weight excluding hydrogens is 293 g/mol. The summed E-state index contributed by atoms with van der Waals surface area (Å²) in [7, 11) is 0. The Balaban J connectivity index is 1.78. The number of nitrogens with one attached hydrogen (secondary N) is 1. The summed E-state index contributed by atoms with van der Waals surface area (Å²) in [5, 5.41) is 7.75. The molecule has 2 heterocycles. The zero-order valence-corrected chi connectivity index (χ0v) is 13.7. The van der Waals surface area contributed by atoms with E-state index in [-0.39, 0.29) is 17.9 Å². The van der Waals surface area contributed by atoms with Crippen LogP contribution in [0.5, 0.6) is 0 Å². The molecule has 0 unspecified atom stereocenters. The fraction of sp³-hybridized carbons (Fsp3) is 0.412. The molecule has 0 radical (unpaired) electrons. The Hall–Kier alpha value is -2.21. The molecule has 3 rings (SSSR count). The van der Waals surface area contributed by atoms with E-state index in [1.165, 1.54) is 6.07 Å². The molecule has 0 aliphatic heterocycles. The van der Waals surface area contributed by atoms with Gasteiger partial charge >= 0.3 is 0 Å². The number of hydrogen-bond acceptors (Lipinski definition) is 3. The van der Waals surface area contributed by atoms with E-state index < -0.39 is 0 Å². The summed E-state index contributed by atoms with van der Waals surface area (Å²) in [4.78, 5) is 4.48. The van der Waals surface area contributed by atoms with Gasteiger partial charge in [-0.3, -0.25) is 4.68 Å². The Kier molecular flexibility index (Phi) is 4.43. The van der Waals surface area contributed by atoms with Gasteiger partial charge < -0.3 is 9.88 Å². The lowest BCUT2D eigenvalue weighted by Gasteiger charge is -2.21. The largest absolute Gasteiger partial charge is 0.327 e. The van der Waals surface area contributed by atoms with Crippen LogP contribution < -0.4 is 5.32 Å². The minimum atomic E-state index is -0.270. The molecule has 0 saturated carbocycles. The van der Waals surface area contributed by atoms with E-state index in [9.17, 15) is 4.39 Å². The Bertz CT molecular complexity index is 778. The maximum absolute atomic E-state index is 13.9. The van der Waals surface area contributed by atoms with Crippen molar-refractivity contribution in [1.82, 2.24) is 24.6 Å². The summed E-state index contributed by atoms with van der Waals surface area (Å²) in [6.07, 6.45) is 3.74. The topological polar surface area (TPSA) is 47.7 Å². The van der Waals surface area contributed by atoms with Crippen LogP contribution in [0.1, 0.15) is 32.6 Å². The smallest absolute Gasteiger partial charge is 0.151 e. The summed E-state index contributed by atoms with van der Waals surface area (Å²) in [6.45, 7) is 7.64. The summed E-state index contributed by atoms with van der Waals surface area (Å²) >= 11 is 0. The van der Waals surface area contributed by atoms with Crippen molar-refractivity contribution < 1.29 is 4.39 Å². The van der Waals surface area contributed by atoms with E-state index in [4.69, 9.17) is 0 Å². The molecule has 23 heavy (non-hydrogen) atoms. The van der Waals surface area contributed by atoms with Crippen LogP contribution in [0.15, 0.2) is 36.7 Å². The van der Waals surface area contributed by atoms with Crippen molar-refractivity contribution in [2.75, 3.05) is 0 Å². The first-order valence-corrected chi connectivity index (χ1v) is 7.98. The number of aryl methyl sites for hydroxylation is 1. The molecule has 1 N–H and O–H groups in total. The van der Waals surface area contributed by atoms with Crippen LogP contribution in [0.3, 0.4) is 0 Å². The summed E-state index contributed by atoms with van der Waals surface area (Å²) in [5.74, 6) is 0.584. The number of fused-ring (bicyclic) bond motifs is 1. The molecule has 0 saturated heterocycles. The standard InChI is InChI=1S/C17H22FN5/c1-4-22-15-8-5-7-14(18)17(15)21-16(22)11-19-12(2)13(3)23-10-6-9-20-23/h5-10,12-13,19H,4,11H2,1-3H3/t12-,13-/m0/s1. The molecule has 0 spiro atoms. The molecule has 2 aromatic heterocycles. The number of para-hydroxylation sites is 1. The second kappa shape index (κ2) is 6.50. The Labute approximate surface area is 135 Å². The molecule has 122 valence electrons. The minimum absolute atomic E-state index is 0.213. The molecule has 3 aromatic rings. The van der Waals surface area contributed by atoms with Gasteiger partial charge in [0.2, 0.25) is 0 Å². The van der Waals surface area contributed by atoms with E-state index >= 15 is 0 Å². The zero-order valence-electron chi connectivity index (χ0n) is 13.7. The van der Waals surface area contributed by atoms with Crippen LogP contribution in [-0.2, 0) is 13.1 Å².